The molecule has 132 valence electrons. The molecule has 0 aliphatic rings. The Hall–Kier alpha value is -2.95. The lowest BCUT2D eigenvalue weighted by atomic mass is 10.1. The van der Waals surface area contributed by atoms with Crippen molar-refractivity contribution in [2.45, 2.75) is 13.8 Å². The van der Waals surface area contributed by atoms with E-state index in [9.17, 15) is 9.90 Å². The Balaban J connectivity index is 2.18. The summed E-state index contributed by atoms with van der Waals surface area (Å²) in [6.45, 7) is 4.75. The van der Waals surface area contributed by atoms with Crippen molar-refractivity contribution in [2.75, 3.05) is 20.3 Å². The summed E-state index contributed by atoms with van der Waals surface area (Å²) < 4.78 is 16.0. The smallest absolute Gasteiger partial charge is 0.189 e. The van der Waals surface area contributed by atoms with Crippen LogP contribution in [0.4, 0.5) is 0 Å². The van der Waals surface area contributed by atoms with Crippen LogP contribution in [0.5, 0.6) is 23.0 Å². The van der Waals surface area contributed by atoms with Gasteiger partial charge >= 0.3 is 0 Å². The number of carbonyl (C=O) groups excluding carboxylic acids is 1. The molecule has 0 aliphatic heterocycles. The Morgan fingerprint density at radius 2 is 1.80 bits per heavy atom. The van der Waals surface area contributed by atoms with E-state index in [1.165, 1.54) is 12.1 Å². The van der Waals surface area contributed by atoms with E-state index in [2.05, 4.69) is 0 Å². The number of allylic oxidation sites excluding steroid dienone is 1. The van der Waals surface area contributed by atoms with Crippen molar-refractivity contribution in [3.8, 4) is 23.0 Å². The summed E-state index contributed by atoms with van der Waals surface area (Å²) in [6.07, 6.45) is 3.08. The van der Waals surface area contributed by atoms with Gasteiger partial charge in [0.1, 0.15) is 11.5 Å². The van der Waals surface area contributed by atoms with Crippen LogP contribution in [0.25, 0.3) is 6.08 Å². The monoisotopic (exact) mass is 342 g/mol. The van der Waals surface area contributed by atoms with Crippen LogP contribution in [-0.2, 0) is 0 Å². The third-order valence-corrected chi connectivity index (χ3v) is 3.46. The second-order valence-electron chi connectivity index (χ2n) is 5.15. The van der Waals surface area contributed by atoms with E-state index >= 15 is 0 Å². The van der Waals surface area contributed by atoms with Gasteiger partial charge in [0.15, 0.2) is 17.3 Å². The topological polar surface area (TPSA) is 65.0 Å². The second-order valence-corrected chi connectivity index (χ2v) is 5.15. The van der Waals surface area contributed by atoms with Gasteiger partial charge < -0.3 is 19.3 Å². The van der Waals surface area contributed by atoms with Gasteiger partial charge in [0.2, 0.25) is 0 Å². The average Bonchev–Trinajstić information content (AvgIpc) is 2.60. The second kappa shape index (κ2) is 8.78. The highest BCUT2D eigenvalue weighted by Gasteiger charge is 2.10. The van der Waals surface area contributed by atoms with E-state index in [0.717, 1.165) is 5.56 Å². The predicted molar refractivity (Wildman–Crippen MR) is 96.8 cm³/mol. The molecule has 0 fully saturated rings. The van der Waals surface area contributed by atoms with Crippen LogP contribution >= 0.6 is 0 Å². The standard InChI is InChI=1S/C20H22O5/c1-4-24-15-8-9-16(18(22)13-15)17(21)10-6-14-7-11-19(23-3)20(12-14)25-5-2/h6-13,22H,4-5H2,1-3H3/b10-6-. The lowest BCUT2D eigenvalue weighted by Gasteiger charge is -2.09. The molecule has 2 aromatic carbocycles. The Bertz CT molecular complexity index is 765. The fourth-order valence-electron chi connectivity index (χ4n) is 2.30. The Morgan fingerprint density at radius 1 is 1.04 bits per heavy atom. The first-order valence-corrected chi connectivity index (χ1v) is 8.08. The summed E-state index contributed by atoms with van der Waals surface area (Å²) in [5, 5.41) is 10.00. The lowest BCUT2D eigenvalue weighted by molar-refractivity contribution is 0.104. The molecule has 0 unspecified atom stereocenters. The van der Waals surface area contributed by atoms with E-state index in [0.29, 0.717) is 30.5 Å². The quantitative estimate of drug-likeness (QED) is 0.578. The van der Waals surface area contributed by atoms with Crippen LogP contribution in [0.15, 0.2) is 42.5 Å². The van der Waals surface area contributed by atoms with Crippen molar-refractivity contribution in [2.24, 2.45) is 0 Å². The fraction of sp³-hybridized carbons (Fsp3) is 0.250. The van der Waals surface area contributed by atoms with Crippen LogP contribution in [0, 0.1) is 0 Å². The molecule has 0 saturated carbocycles. The Morgan fingerprint density at radius 3 is 2.44 bits per heavy atom. The number of benzene rings is 2. The molecule has 0 amide bonds. The zero-order valence-electron chi connectivity index (χ0n) is 14.6. The maximum atomic E-state index is 12.3. The summed E-state index contributed by atoms with van der Waals surface area (Å²) in [5.41, 5.74) is 1.02. The molecule has 0 aliphatic carbocycles. The molecule has 0 heterocycles. The van der Waals surface area contributed by atoms with Crippen molar-refractivity contribution in [1.82, 2.24) is 0 Å². The third kappa shape index (κ3) is 4.76. The molecular formula is C20H22O5. The first kappa shape index (κ1) is 18.4. The molecule has 0 spiro atoms. The molecule has 0 atom stereocenters. The highest BCUT2D eigenvalue weighted by Crippen LogP contribution is 2.29. The summed E-state index contributed by atoms with van der Waals surface area (Å²) >= 11 is 0. The minimum Gasteiger partial charge on any atom is -0.507 e. The van der Waals surface area contributed by atoms with E-state index in [1.54, 1.807) is 37.5 Å². The van der Waals surface area contributed by atoms with Gasteiger partial charge in [-0.25, -0.2) is 0 Å². The summed E-state index contributed by atoms with van der Waals surface area (Å²) in [5.74, 6) is 1.37. The number of ether oxygens (including phenoxy) is 3. The van der Waals surface area contributed by atoms with E-state index in [4.69, 9.17) is 14.2 Å². The molecule has 0 aromatic heterocycles. The first-order valence-electron chi connectivity index (χ1n) is 8.08. The minimum atomic E-state index is -0.297. The molecule has 1 N–H and O–H groups in total. The molecule has 5 nitrogen and oxygen atoms in total. The van der Waals surface area contributed by atoms with Gasteiger partial charge in [-0.2, -0.15) is 0 Å². The summed E-state index contributed by atoms with van der Waals surface area (Å²) in [4.78, 5) is 12.3. The molecule has 25 heavy (non-hydrogen) atoms. The van der Waals surface area contributed by atoms with Crippen molar-refractivity contribution < 1.29 is 24.1 Å². The Kier molecular flexibility index (Phi) is 6.46. The van der Waals surface area contributed by atoms with Gasteiger partial charge in [0.25, 0.3) is 0 Å². The van der Waals surface area contributed by atoms with Crippen LogP contribution in [0.1, 0.15) is 29.8 Å². The molecule has 5 heteroatoms. The number of phenolic OH excluding ortho intramolecular Hbond substituents is 1. The zero-order chi connectivity index (χ0) is 18.2. The normalized spacial score (nSPS) is 10.7. The average molecular weight is 342 g/mol. The molecule has 0 saturated heterocycles. The number of rotatable bonds is 8. The van der Waals surface area contributed by atoms with Crippen LogP contribution in [0.3, 0.4) is 0 Å². The van der Waals surface area contributed by atoms with Crippen molar-refractivity contribution in [1.29, 1.82) is 0 Å². The summed E-state index contributed by atoms with van der Waals surface area (Å²) in [7, 11) is 1.57. The highest BCUT2D eigenvalue weighted by molar-refractivity contribution is 6.08. The number of phenols is 1. The van der Waals surface area contributed by atoms with Gasteiger partial charge in [-0.05, 0) is 49.8 Å². The predicted octanol–water partition coefficient (Wildman–Crippen LogP) is 4.09. The van der Waals surface area contributed by atoms with Crippen LogP contribution < -0.4 is 14.2 Å². The number of ketones is 1. The summed E-state index contributed by atoms with van der Waals surface area (Å²) in [6, 6.07) is 10.0. The highest BCUT2D eigenvalue weighted by atomic mass is 16.5. The van der Waals surface area contributed by atoms with Crippen LogP contribution in [0.2, 0.25) is 0 Å². The maximum Gasteiger partial charge on any atom is 0.189 e. The van der Waals surface area contributed by atoms with Gasteiger partial charge in [0.05, 0.1) is 25.9 Å². The molecule has 2 rings (SSSR count). The van der Waals surface area contributed by atoms with Crippen molar-refractivity contribution >= 4 is 11.9 Å². The van der Waals surface area contributed by atoms with Gasteiger partial charge in [-0.1, -0.05) is 12.1 Å². The number of carbonyl (C=O) groups is 1. The van der Waals surface area contributed by atoms with Crippen molar-refractivity contribution in [3.05, 3.63) is 53.6 Å². The zero-order valence-corrected chi connectivity index (χ0v) is 14.6. The SMILES string of the molecule is CCOc1ccc(C(=O)/C=C\c2ccc(OC)c(OCC)c2)c(O)c1. The fourth-order valence-corrected chi connectivity index (χ4v) is 2.30. The van der Waals surface area contributed by atoms with Gasteiger partial charge in [-0.15, -0.1) is 0 Å². The van der Waals surface area contributed by atoms with Crippen LogP contribution in [-0.4, -0.2) is 31.2 Å². The molecule has 0 radical (unpaired) electrons. The first-order chi connectivity index (χ1) is 12.1. The van der Waals surface area contributed by atoms with Gasteiger partial charge in [-0.3, -0.25) is 4.79 Å². The van der Waals surface area contributed by atoms with E-state index in [-0.39, 0.29) is 17.1 Å². The van der Waals surface area contributed by atoms with E-state index in [1.807, 2.05) is 19.9 Å². The molecule has 0 bridgehead atoms. The molecular weight excluding hydrogens is 320 g/mol. The number of hydrogen-bond acceptors (Lipinski definition) is 5. The number of aromatic hydroxyl groups is 1. The molecule has 2 aromatic rings. The maximum absolute atomic E-state index is 12.3. The number of hydrogen-bond donors (Lipinski definition) is 1. The van der Waals surface area contributed by atoms with Gasteiger partial charge in [0, 0.05) is 6.07 Å². The largest absolute Gasteiger partial charge is 0.507 e. The van der Waals surface area contributed by atoms with E-state index < -0.39 is 0 Å². The minimum absolute atomic E-state index is 0.106. The number of methoxy groups -OCH3 is 1. The Labute approximate surface area is 147 Å². The lowest BCUT2D eigenvalue weighted by Crippen LogP contribution is -1.97. The van der Waals surface area contributed by atoms with Crippen molar-refractivity contribution in [3.63, 3.8) is 0 Å². The third-order valence-electron chi connectivity index (χ3n) is 3.46.